The molecule has 1 fully saturated rings. The molecule has 27 heavy (non-hydrogen) atoms. The van der Waals surface area contributed by atoms with Crippen LogP contribution >= 0.6 is 11.3 Å². The van der Waals surface area contributed by atoms with Crippen LogP contribution in [0.3, 0.4) is 0 Å². The number of hydrogen-bond acceptors (Lipinski definition) is 4. The summed E-state index contributed by atoms with van der Waals surface area (Å²) >= 11 is 1.44. The van der Waals surface area contributed by atoms with Crippen molar-refractivity contribution >= 4 is 27.3 Å². The quantitative estimate of drug-likeness (QED) is 0.737. The van der Waals surface area contributed by atoms with E-state index in [0.29, 0.717) is 4.88 Å². The molecule has 1 N–H and O–H groups in total. The topological polar surface area (TPSA) is 45.2 Å². The largest absolute Gasteiger partial charge is 0.349 e. The van der Waals surface area contributed by atoms with Gasteiger partial charge in [-0.1, -0.05) is 0 Å². The van der Waals surface area contributed by atoms with Crippen LogP contribution in [0, 0.1) is 12.7 Å². The van der Waals surface area contributed by atoms with E-state index in [2.05, 4.69) is 15.2 Å². The van der Waals surface area contributed by atoms with E-state index in [0.717, 1.165) is 48.1 Å². The number of fused-ring (bicyclic) bond motifs is 1. The summed E-state index contributed by atoms with van der Waals surface area (Å²) in [5, 5.41) is 4.01. The summed E-state index contributed by atoms with van der Waals surface area (Å²) in [6.45, 7) is 4.74. The number of carbonyl (C=O) groups is 1. The van der Waals surface area contributed by atoms with Crippen LogP contribution in [0.2, 0.25) is 0 Å². The minimum Gasteiger partial charge on any atom is -0.349 e. The molecule has 140 valence electrons. The minimum absolute atomic E-state index is 0.0401. The summed E-state index contributed by atoms with van der Waals surface area (Å²) in [6.07, 6.45) is 5.52. The Labute approximate surface area is 162 Å². The van der Waals surface area contributed by atoms with E-state index in [9.17, 15) is 9.18 Å². The van der Waals surface area contributed by atoms with Gasteiger partial charge in [0.1, 0.15) is 5.82 Å². The number of rotatable bonds is 4. The molecule has 0 aliphatic carbocycles. The zero-order valence-electron chi connectivity index (χ0n) is 15.2. The highest BCUT2D eigenvalue weighted by molar-refractivity contribution is 7.21. The number of hydrogen-bond donors (Lipinski definition) is 1. The predicted octanol–water partition coefficient (Wildman–Crippen LogP) is 4.14. The lowest BCUT2D eigenvalue weighted by Crippen LogP contribution is -2.44. The number of pyridine rings is 1. The maximum absolute atomic E-state index is 13.5. The van der Waals surface area contributed by atoms with Crippen molar-refractivity contribution in [2.75, 3.05) is 13.1 Å². The number of carbonyl (C=O) groups excluding carboxylic acids is 1. The van der Waals surface area contributed by atoms with Gasteiger partial charge in [0.25, 0.3) is 5.91 Å². The van der Waals surface area contributed by atoms with Gasteiger partial charge in [-0.2, -0.15) is 0 Å². The van der Waals surface area contributed by atoms with E-state index in [-0.39, 0.29) is 17.8 Å². The molecule has 4 rings (SSSR count). The van der Waals surface area contributed by atoms with Gasteiger partial charge < -0.3 is 5.32 Å². The Morgan fingerprint density at radius 2 is 2.00 bits per heavy atom. The molecule has 0 bridgehead atoms. The van der Waals surface area contributed by atoms with Gasteiger partial charge in [0.05, 0.1) is 4.88 Å². The van der Waals surface area contributed by atoms with Gasteiger partial charge in [-0.15, -0.1) is 11.3 Å². The SMILES string of the molecule is Cc1c(C(=O)NC2CCN(Cc3ccncc3)CC2)sc2ccc(F)cc12. The first kappa shape index (κ1) is 18.1. The molecule has 6 heteroatoms. The van der Waals surface area contributed by atoms with E-state index in [1.54, 1.807) is 6.07 Å². The monoisotopic (exact) mass is 383 g/mol. The van der Waals surface area contributed by atoms with Gasteiger partial charge in [-0.25, -0.2) is 4.39 Å². The number of piperidine rings is 1. The van der Waals surface area contributed by atoms with Gasteiger partial charge >= 0.3 is 0 Å². The third-order valence-corrected chi connectivity index (χ3v) is 6.45. The van der Waals surface area contributed by atoms with Gasteiger partial charge in [0, 0.05) is 42.8 Å². The number of nitrogens with one attached hydrogen (secondary N) is 1. The van der Waals surface area contributed by atoms with Crippen molar-refractivity contribution in [2.24, 2.45) is 0 Å². The molecule has 4 nitrogen and oxygen atoms in total. The molecule has 0 spiro atoms. The van der Waals surface area contributed by atoms with Crippen LogP contribution in [0.15, 0.2) is 42.7 Å². The second-order valence-electron chi connectivity index (χ2n) is 7.08. The lowest BCUT2D eigenvalue weighted by Gasteiger charge is -2.32. The van der Waals surface area contributed by atoms with Crippen molar-refractivity contribution in [1.29, 1.82) is 0 Å². The molecule has 1 saturated heterocycles. The summed E-state index contributed by atoms with van der Waals surface area (Å²) in [4.78, 5) is 19.9. The number of aryl methyl sites for hydroxylation is 1. The van der Waals surface area contributed by atoms with Crippen molar-refractivity contribution in [1.82, 2.24) is 15.2 Å². The van der Waals surface area contributed by atoms with E-state index in [1.807, 2.05) is 31.5 Å². The summed E-state index contributed by atoms with van der Waals surface area (Å²) in [7, 11) is 0. The number of benzene rings is 1. The Balaban J connectivity index is 1.36. The Kier molecular flexibility index (Phi) is 5.18. The van der Waals surface area contributed by atoms with Crippen molar-refractivity contribution < 1.29 is 9.18 Å². The third-order valence-electron chi connectivity index (χ3n) is 5.18. The van der Waals surface area contributed by atoms with Crippen LogP contribution in [-0.2, 0) is 6.54 Å². The fraction of sp³-hybridized carbons (Fsp3) is 0.333. The molecule has 1 aliphatic rings. The maximum Gasteiger partial charge on any atom is 0.261 e. The first-order chi connectivity index (χ1) is 13.1. The summed E-state index contributed by atoms with van der Waals surface area (Å²) in [6, 6.07) is 8.97. The molecule has 0 radical (unpaired) electrons. The van der Waals surface area contributed by atoms with Crippen molar-refractivity contribution in [3.63, 3.8) is 0 Å². The van der Waals surface area contributed by atoms with Crippen LogP contribution in [0.1, 0.15) is 33.6 Å². The van der Waals surface area contributed by atoms with E-state index in [4.69, 9.17) is 0 Å². The van der Waals surface area contributed by atoms with Crippen molar-refractivity contribution in [2.45, 2.75) is 32.4 Å². The van der Waals surface area contributed by atoms with Crippen LogP contribution in [-0.4, -0.2) is 34.9 Å². The van der Waals surface area contributed by atoms with Crippen LogP contribution in [0.5, 0.6) is 0 Å². The minimum atomic E-state index is -0.267. The van der Waals surface area contributed by atoms with E-state index >= 15 is 0 Å². The molecule has 3 aromatic rings. The smallest absolute Gasteiger partial charge is 0.261 e. The first-order valence-corrected chi connectivity index (χ1v) is 10.0. The van der Waals surface area contributed by atoms with Gasteiger partial charge in [-0.05, 0) is 66.6 Å². The average molecular weight is 383 g/mol. The molecular weight excluding hydrogens is 361 g/mol. The van der Waals surface area contributed by atoms with Crippen molar-refractivity contribution in [3.8, 4) is 0 Å². The summed E-state index contributed by atoms with van der Waals surface area (Å²) in [5.41, 5.74) is 2.13. The van der Waals surface area contributed by atoms with Crippen LogP contribution in [0.4, 0.5) is 4.39 Å². The van der Waals surface area contributed by atoms with Gasteiger partial charge in [0.2, 0.25) is 0 Å². The lowest BCUT2D eigenvalue weighted by atomic mass is 10.0. The van der Waals surface area contributed by atoms with E-state index < -0.39 is 0 Å². The number of thiophene rings is 1. The Morgan fingerprint density at radius 1 is 1.26 bits per heavy atom. The normalized spacial score (nSPS) is 15.9. The lowest BCUT2D eigenvalue weighted by molar-refractivity contribution is 0.0912. The molecule has 0 saturated carbocycles. The molecular formula is C21H22FN3OS. The molecule has 2 aromatic heterocycles. The zero-order chi connectivity index (χ0) is 18.8. The van der Waals surface area contributed by atoms with Crippen LogP contribution < -0.4 is 5.32 Å². The standard InChI is InChI=1S/C21H22FN3OS/c1-14-18-12-16(22)2-3-19(18)27-20(14)21(26)24-17-6-10-25(11-7-17)13-15-4-8-23-9-5-15/h2-5,8-9,12,17H,6-7,10-11,13H2,1H3,(H,24,26). The molecule has 0 unspecified atom stereocenters. The van der Waals surface area contributed by atoms with Crippen molar-refractivity contribution in [3.05, 3.63) is 64.5 Å². The van der Waals surface area contributed by atoms with Crippen LogP contribution in [0.25, 0.3) is 10.1 Å². The highest BCUT2D eigenvalue weighted by Gasteiger charge is 2.23. The number of nitrogens with zero attached hydrogens (tertiary/aromatic N) is 2. The molecule has 3 heterocycles. The Morgan fingerprint density at radius 3 is 2.74 bits per heavy atom. The first-order valence-electron chi connectivity index (χ1n) is 9.21. The third kappa shape index (κ3) is 4.01. The number of amides is 1. The second-order valence-corrected chi connectivity index (χ2v) is 8.13. The molecule has 0 atom stereocenters. The Bertz CT molecular complexity index is 949. The maximum atomic E-state index is 13.5. The summed E-state index contributed by atoms with van der Waals surface area (Å²) < 4.78 is 14.4. The number of halogens is 1. The number of aromatic nitrogens is 1. The average Bonchev–Trinajstić information content (AvgIpc) is 3.00. The van der Waals surface area contributed by atoms with Gasteiger partial charge in [-0.3, -0.25) is 14.7 Å². The number of likely N-dealkylation sites (tertiary alicyclic amines) is 1. The Hall–Kier alpha value is -2.31. The second kappa shape index (κ2) is 7.74. The fourth-order valence-electron chi connectivity index (χ4n) is 3.64. The summed E-state index contributed by atoms with van der Waals surface area (Å²) in [5.74, 6) is -0.307. The predicted molar refractivity (Wildman–Crippen MR) is 107 cm³/mol. The molecule has 1 amide bonds. The van der Waals surface area contributed by atoms with Gasteiger partial charge in [0.15, 0.2) is 0 Å². The zero-order valence-corrected chi connectivity index (χ0v) is 16.1. The van der Waals surface area contributed by atoms with E-state index in [1.165, 1.54) is 29.0 Å². The highest BCUT2D eigenvalue weighted by atomic mass is 32.1. The molecule has 1 aromatic carbocycles. The highest BCUT2D eigenvalue weighted by Crippen LogP contribution is 2.31. The fourth-order valence-corrected chi connectivity index (χ4v) is 4.74. The molecule has 1 aliphatic heterocycles.